The van der Waals surface area contributed by atoms with Crippen LogP contribution >= 0.6 is 0 Å². The third kappa shape index (κ3) is 2.04. The molecule has 0 aliphatic heterocycles. The number of esters is 1. The molecule has 2 N–H and O–H groups in total. The van der Waals surface area contributed by atoms with Crippen LogP contribution in [-0.4, -0.2) is 23.3 Å². The van der Waals surface area contributed by atoms with Crippen LogP contribution < -0.4 is 0 Å². The maximum atomic E-state index is 11.1. The van der Waals surface area contributed by atoms with E-state index in [1.54, 1.807) is 0 Å². The Hall–Kier alpha value is -1.97. The van der Waals surface area contributed by atoms with Gasteiger partial charge in [0.2, 0.25) is 0 Å². The first-order valence-electron chi connectivity index (χ1n) is 3.85. The zero-order chi connectivity index (χ0) is 10.7. The van der Waals surface area contributed by atoms with Gasteiger partial charge in [-0.15, -0.1) is 0 Å². The summed E-state index contributed by atoms with van der Waals surface area (Å²) in [5.74, 6) is -0.924. The monoisotopic (exact) mass is 194 g/mol. The lowest BCUT2D eigenvalue weighted by atomic mass is 10.1. The number of methoxy groups -OCH3 is 1. The van der Waals surface area contributed by atoms with Crippen LogP contribution in [0.3, 0.4) is 0 Å². The fourth-order valence-electron chi connectivity index (χ4n) is 1.01. The summed E-state index contributed by atoms with van der Waals surface area (Å²) in [6.07, 6.45) is 0. The number of phenolic OH excluding ortho intramolecular Hbond substituents is 1. The predicted molar refractivity (Wildman–Crippen MR) is 51.1 cm³/mol. The number of benzene rings is 1. The molecule has 0 unspecified atom stereocenters. The van der Waals surface area contributed by atoms with Gasteiger partial charge >= 0.3 is 5.97 Å². The van der Waals surface area contributed by atoms with Crippen molar-refractivity contribution in [2.75, 3.05) is 7.11 Å². The first-order valence-corrected chi connectivity index (χ1v) is 3.85. The summed E-state index contributed by atoms with van der Waals surface area (Å²) in [6, 6.07) is 3.93. The van der Waals surface area contributed by atoms with Crippen LogP contribution in [0.25, 0.3) is 5.76 Å². The van der Waals surface area contributed by atoms with Crippen molar-refractivity contribution < 1.29 is 19.7 Å². The second-order valence-electron chi connectivity index (χ2n) is 2.71. The molecular formula is C10H10O4. The number of aliphatic hydroxyl groups is 1. The number of aliphatic hydroxyl groups excluding tert-OH is 1. The molecule has 0 aromatic heterocycles. The second-order valence-corrected chi connectivity index (χ2v) is 2.71. The summed E-state index contributed by atoms with van der Waals surface area (Å²) in [5.41, 5.74) is 0.447. The summed E-state index contributed by atoms with van der Waals surface area (Å²) in [5, 5.41) is 18.3. The van der Waals surface area contributed by atoms with Gasteiger partial charge in [-0.3, -0.25) is 0 Å². The van der Waals surface area contributed by atoms with E-state index >= 15 is 0 Å². The molecule has 0 fully saturated rings. The van der Waals surface area contributed by atoms with Crippen LogP contribution in [0.5, 0.6) is 5.75 Å². The molecule has 0 radical (unpaired) electrons. The van der Waals surface area contributed by atoms with E-state index in [0.29, 0.717) is 0 Å². The Labute approximate surface area is 81.1 Å². The predicted octanol–water partition coefficient (Wildman–Crippen LogP) is 1.71. The minimum Gasteiger partial charge on any atom is -0.508 e. The molecule has 0 spiro atoms. The summed E-state index contributed by atoms with van der Waals surface area (Å²) < 4.78 is 4.46. The van der Waals surface area contributed by atoms with E-state index in [2.05, 4.69) is 11.3 Å². The summed E-state index contributed by atoms with van der Waals surface area (Å²) in [6.45, 7) is 3.29. The van der Waals surface area contributed by atoms with Crippen molar-refractivity contribution >= 4 is 11.7 Å². The lowest BCUT2D eigenvalue weighted by molar-refractivity contribution is 0.0600. The maximum Gasteiger partial charge on any atom is 0.338 e. The van der Waals surface area contributed by atoms with Crippen LogP contribution in [0.4, 0.5) is 0 Å². The Balaban J connectivity index is 3.20. The first-order chi connectivity index (χ1) is 6.54. The number of aromatic hydroxyl groups is 1. The first kappa shape index (κ1) is 10.1. The van der Waals surface area contributed by atoms with E-state index in [-0.39, 0.29) is 22.6 Å². The molecule has 4 nitrogen and oxygen atoms in total. The zero-order valence-electron chi connectivity index (χ0n) is 7.65. The van der Waals surface area contributed by atoms with Crippen molar-refractivity contribution in [3.63, 3.8) is 0 Å². The Bertz CT molecular complexity index is 382. The van der Waals surface area contributed by atoms with Gasteiger partial charge in [-0.2, -0.15) is 0 Å². The van der Waals surface area contributed by atoms with E-state index < -0.39 is 5.97 Å². The minimum atomic E-state index is -0.580. The molecule has 0 saturated heterocycles. The third-order valence-electron chi connectivity index (χ3n) is 1.67. The highest BCUT2D eigenvalue weighted by Gasteiger charge is 2.09. The number of carbonyl (C=O) groups excluding carboxylic acids is 1. The average Bonchev–Trinajstić information content (AvgIpc) is 2.15. The Kier molecular flexibility index (Phi) is 2.76. The topological polar surface area (TPSA) is 66.8 Å². The maximum absolute atomic E-state index is 11.1. The van der Waals surface area contributed by atoms with Crippen molar-refractivity contribution in [3.8, 4) is 5.75 Å². The van der Waals surface area contributed by atoms with Crippen LogP contribution in [0.2, 0.25) is 0 Å². The SMILES string of the molecule is C=C(O)c1cc(O)cc(C(=O)OC)c1. The molecule has 0 amide bonds. The highest BCUT2D eigenvalue weighted by Crippen LogP contribution is 2.20. The van der Waals surface area contributed by atoms with E-state index in [1.165, 1.54) is 25.3 Å². The highest BCUT2D eigenvalue weighted by molar-refractivity contribution is 5.90. The summed E-state index contributed by atoms with van der Waals surface area (Å²) in [7, 11) is 1.24. The second kappa shape index (κ2) is 3.83. The van der Waals surface area contributed by atoms with Gasteiger partial charge in [-0.25, -0.2) is 4.79 Å². The molecule has 0 atom stereocenters. The van der Waals surface area contributed by atoms with Gasteiger partial charge < -0.3 is 14.9 Å². The van der Waals surface area contributed by atoms with Gasteiger partial charge in [0.1, 0.15) is 11.5 Å². The Morgan fingerprint density at radius 1 is 1.36 bits per heavy atom. The van der Waals surface area contributed by atoms with Gasteiger partial charge in [0, 0.05) is 5.56 Å². The zero-order valence-corrected chi connectivity index (χ0v) is 7.65. The fourth-order valence-corrected chi connectivity index (χ4v) is 1.01. The molecular weight excluding hydrogens is 184 g/mol. The molecule has 1 aromatic rings. The number of ether oxygens (including phenoxy) is 1. The fraction of sp³-hybridized carbons (Fsp3) is 0.100. The smallest absolute Gasteiger partial charge is 0.338 e. The number of phenols is 1. The normalized spacial score (nSPS) is 9.50. The van der Waals surface area contributed by atoms with Gasteiger partial charge in [0.15, 0.2) is 0 Å². The molecule has 0 saturated carbocycles. The number of carbonyl (C=O) groups is 1. The lowest BCUT2D eigenvalue weighted by Gasteiger charge is -2.03. The van der Waals surface area contributed by atoms with E-state index in [9.17, 15) is 9.90 Å². The number of rotatable bonds is 2. The minimum absolute atomic E-state index is 0.127. The van der Waals surface area contributed by atoms with Crippen LogP contribution in [0.1, 0.15) is 15.9 Å². The lowest BCUT2D eigenvalue weighted by Crippen LogP contribution is -2.01. The Morgan fingerprint density at radius 3 is 2.43 bits per heavy atom. The molecule has 4 heteroatoms. The molecule has 14 heavy (non-hydrogen) atoms. The van der Waals surface area contributed by atoms with E-state index in [0.717, 1.165) is 0 Å². The molecule has 0 heterocycles. The largest absolute Gasteiger partial charge is 0.508 e. The van der Waals surface area contributed by atoms with Crippen molar-refractivity contribution in [1.29, 1.82) is 0 Å². The van der Waals surface area contributed by atoms with E-state index in [1.807, 2.05) is 0 Å². The molecule has 0 aliphatic carbocycles. The average molecular weight is 194 g/mol. The summed E-state index contributed by atoms with van der Waals surface area (Å²) in [4.78, 5) is 11.1. The van der Waals surface area contributed by atoms with Gasteiger partial charge in [0.05, 0.1) is 12.7 Å². The van der Waals surface area contributed by atoms with Gasteiger partial charge in [0.25, 0.3) is 0 Å². The summed E-state index contributed by atoms with van der Waals surface area (Å²) >= 11 is 0. The van der Waals surface area contributed by atoms with Gasteiger partial charge in [-0.05, 0) is 18.2 Å². The van der Waals surface area contributed by atoms with Crippen LogP contribution in [0.15, 0.2) is 24.8 Å². The molecule has 74 valence electrons. The number of hydrogen-bond acceptors (Lipinski definition) is 4. The van der Waals surface area contributed by atoms with Crippen molar-refractivity contribution in [1.82, 2.24) is 0 Å². The third-order valence-corrected chi connectivity index (χ3v) is 1.67. The molecule has 0 aliphatic rings. The van der Waals surface area contributed by atoms with Crippen molar-refractivity contribution in [2.45, 2.75) is 0 Å². The van der Waals surface area contributed by atoms with Crippen molar-refractivity contribution in [2.24, 2.45) is 0 Å². The van der Waals surface area contributed by atoms with E-state index in [4.69, 9.17) is 5.11 Å². The molecule has 1 aromatic carbocycles. The van der Waals surface area contributed by atoms with Crippen LogP contribution in [0, 0.1) is 0 Å². The Morgan fingerprint density at radius 2 is 1.93 bits per heavy atom. The quantitative estimate of drug-likeness (QED) is 0.555. The molecule has 0 bridgehead atoms. The highest BCUT2D eigenvalue weighted by atomic mass is 16.5. The molecule has 1 rings (SSSR count). The van der Waals surface area contributed by atoms with Crippen LogP contribution in [-0.2, 0) is 4.74 Å². The van der Waals surface area contributed by atoms with Crippen molar-refractivity contribution in [3.05, 3.63) is 35.9 Å². The van der Waals surface area contributed by atoms with Gasteiger partial charge in [-0.1, -0.05) is 6.58 Å². The standard InChI is InChI=1S/C10H10O4/c1-6(11)7-3-8(10(13)14-2)5-9(12)4-7/h3-5,11-12H,1H2,2H3. The number of hydrogen-bond donors (Lipinski definition) is 2.